The van der Waals surface area contributed by atoms with E-state index < -0.39 is 49.1 Å². The molecule has 194 valence electrons. The highest BCUT2D eigenvalue weighted by atomic mass is 35.5. The molecule has 0 radical (unpaired) electrons. The number of aliphatic hydroxyl groups excluding tert-OH is 4. The van der Waals surface area contributed by atoms with Gasteiger partial charge in [-0.3, -0.25) is 14.5 Å². The monoisotopic (exact) mass is 535 g/mol. The van der Waals surface area contributed by atoms with E-state index in [1.807, 2.05) is 24.3 Å². The first-order valence-corrected chi connectivity index (χ1v) is 12.5. The summed E-state index contributed by atoms with van der Waals surface area (Å²) in [5.41, 5.74) is 2.55. The van der Waals surface area contributed by atoms with Crippen molar-refractivity contribution in [2.45, 2.75) is 30.6 Å². The van der Waals surface area contributed by atoms with Crippen LogP contribution < -0.4 is 0 Å². The van der Waals surface area contributed by atoms with E-state index in [9.17, 15) is 30.0 Å². The van der Waals surface area contributed by atoms with Crippen molar-refractivity contribution in [1.29, 1.82) is 0 Å². The smallest absolute Gasteiger partial charge is 0.262 e. The number of para-hydroxylation sites is 2. The number of amides is 2. The van der Waals surface area contributed by atoms with Crippen molar-refractivity contribution in [2.24, 2.45) is 0 Å². The summed E-state index contributed by atoms with van der Waals surface area (Å²) in [6, 6.07) is 12.5. The summed E-state index contributed by atoms with van der Waals surface area (Å²) in [6.07, 6.45) is -7.28. The minimum atomic E-state index is -1.64. The Bertz CT molecular complexity index is 1840. The molecule has 3 aromatic carbocycles. The average molecular weight is 536 g/mol. The highest BCUT2D eigenvalue weighted by Crippen LogP contribution is 2.48. The lowest BCUT2D eigenvalue weighted by Gasteiger charge is -2.41. The number of fused-ring (bicyclic) bond motifs is 10. The number of nitrogens with zero attached hydrogens (tertiary/aromatic N) is 2. The summed E-state index contributed by atoms with van der Waals surface area (Å²) < 4.78 is 7.56. The lowest BCUT2D eigenvalue weighted by molar-refractivity contribution is -0.249. The molecule has 0 spiro atoms. The first-order chi connectivity index (χ1) is 18.3. The second-order valence-corrected chi connectivity index (χ2v) is 10.2. The molecular weight excluding hydrogens is 514 g/mol. The Morgan fingerprint density at radius 3 is 2.32 bits per heavy atom. The second kappa shape index (κ2) is 8.00. The summed E-state index contributed by atoms with van der Waals surface area (Å²) in [4.78, 5) is 31.4. The molecule has 2 amide bonds. The summed E-state index contributed by atoms with van der Waals surface area (Å²) in [6.45, 7) is -0.610. The minimum absolute atomic E-state index is 0.209. The van der Waals surface area contributed by atoms with Crippen LogP contribution in [0.2, 0.25) is 5.02 Å². The molecule has 2 aromatic heterocycles. The number of carbonyl (C=O) groups excluding carboxylic acids is 2. The zero-order chi connectivity index (χ0) is 26.6. The number of carbonyl (C=O) groups is 2. The van der Waals surface area contributed by atoms with Gasteiger partial charge in [-0.25, -0.2) is 0 Å². The van der Waals surface area contributed by atoms with E-state index in [4.69, 9.17) is 16.3 Å². The van der Waals surface area contributed by atoms with E-state index in [2.05, 4.69) is 4.98 Å². The SMILES string of the molecule is CN1C(=O)c2c(c3c4cccc(Cl)c4n([C@@H]4O[C@H](CO)[C@@H](O)[C@H](O)[C@H]4O)c3c3[nH]c4ccccc4c23)C1=O. The second-order valence-electron chi connectivity index (χ2n) is 9.79. The first kappa shape index (κ1) is 23.6. The zero-order valence-electron chi connectivity index (χ0n) is 19.9. The van der Waals surface area contributed by atoms with Gasteiger partial charge in [0.05, 0.1) is 39.3 Å². The van der Waals surface area contributed by atoms with Gasteiger partial charge < -0.3 is 34.7 Å². The van der Waals surface area contributed by atoms with Gasteiger partial charge in [-0.05, 0) is 12.1 Å². The van der Waals surface area contributed by atoms with Gasteiger partial charge >= 0.3 is 0 Å². The van der Waals surface area contributed by atoms with Crippen LogP contribution in [-0.2, 0) is 4.74 Å². The van der Waals surface area contributed by atoms with Gasteiger partial charge in [0.25, 0.3) is 11.8 Å². The number of hydrogen-bond acceptors (Lipinski definition) is 7. The number of rotatable bonds is 2. The third kappa shape index (κ3) is 2.79. The molecule has 0 saturated carbocycles. The number of nitrogens with one attached hydrogen (secondary N) is 1. The number of halogens is 1. The fraction of sp³-hybridized carbons (Fsp3) is 0.259. The van der Waals surface area contributed by atoms with Crippen molar-refractivity contribution in [3.63, 3.8) is 0 Å². The number of hydrogen-bond donors (Lipinski definition) is 5. The predicted molar refractivity (Wildman–Crippen MR) is 139 cm³/mol. The molecule has 4 heterocycles. The topological polar surface area (TPSA) is 148 Å². The lowest BCUT2D eigenvalue weighted by atomic mass is 9.96. The Balaban J connectivity index is 1.73. The third-order valence-electron chi connectivity index (χ3n) is 7.83. The fourth-order valence-electron chi connectivity index (χ4n) is 6.05. The molecule has 5 atom stereocenters. The van der Waals surface area contributed by atoms with Crippen LogP contribution in [-0.4, -0.2) is 84.8 Å². The van der Waals surface area contributed by atoms with E-state index in [1.165, 1.54) is 7.05 Å². The molecule has 1 fully saturated rings. The standard InChI is InChI=1S/C27H22ClN3O7/c1-30-25(36)17-15-10-5-2-3-8-13(10)29-19(15)21-16(18(17)26(30)37)11-6-4-7-12(28)20(11)31(21)27-24(35)23(34)22(33)14(9-32)38-27/h2-8,14,22-24,27,29,32-35H,9H2,1H3/t14-,22-,23+,24-,27-/m1/s1. The van der Waals surface area contributed by atoms with Crippen molar-refractivity contribution in [3.05, 3.63) is 58.6 Å². The molecule has 5 N–H and O–H groups in total. The molecule has 5 aromatic rings. The summed E-state index contributed by atoms with van der Waals surface area (Å²) in [7, 11) is 1.43. The molecular formula is C27H22ClN3O7. The molecule has 38 heavy (non-hydrogen) atoms. The number of H-pyrrole nitrogens is 1. The molecule has 2 aliphatic heterocycles. The van der Waals surface area contributed by atoms with Crippen molar-refractivity contribution in [1.82, 2.24) is 14.5 Å². The third-order valence-corrected chi connectivity index (χ3v) is 8.13. The Kier molecular flexibility index (Phi) is 4.97. The molecule has 7 rings (SSSR count). The molecule has 2 aliphatic rings. The highest BCUT2D eigenvalue weighted by molar-refractivity contribution is 6.41. The maximum absolute atomic E-state index is 13.6. The first-order valence-electron chi connectivity index (χ1n) is 12.1. The van der Waals surface area contributed by atoms with Crippen molar-refractivity contribution >= 4 is 67.0 Å². The predicted octanol–water partition coefficient (Wildman–Crippen LogP) is 2.28. The van der Waals surface area contributed by atoms with Gasteiger partial charge in [-0.15, -0.1) is 0 Å². The number of aliphatic hydroxyl groups is 4. The zero-order valence-corrected chi connectivity index (χ0v) is 20.7. The lowest BCUT2D eigenvalue weighted by Crippen LogP contribution is -2.56. The molecule has 1 saturated heterocycles. The van der Waals surface area contributed by atoms with Crippen LogP contribution in [0, 0.1) is 0 Å². The number of imide groups is 1. The van der Waals surface area contributed by atoms with Crippen LogP contribution in [0.5, 0.6) is 0 Å². The maximum Gasteiger partial charge on any atom is 0.262 e. The van der Waals surface area contributed by atoms with E-state index in [-0.39, 0.29) is 16.1 Å². The maximum atomic E-state index is 13.6. The van der Waals surface area contributed by atoms with Crippen molar-refractivity contribution in [3.8, 4) is 0 Å². The molecule has 10 nitrogen and oxygen atoms in total. The Morgan fingerprint density at radius 1 is 0.895 bits per heavy atom. The van der Waals surface area contributed by atoms with Crippen LogP contribution in [0.3, 0.4) is 0 Å². The number of aromatic amines is 1. The molecule has 11 heteroatoms. The van der Waals surface area contributed by atoms with Crippen molar-refractivity contribution in [2.75, 3.05) is 13.7 Å². The summed E-state index contributed by atoms with van der Waals surface area (Å²) >= 11 is 6.72. The quantitative estimate of drug-likeness (QED) is 0.218. The Morgan fingerprint density at radius 2 is 1.58 bits per heavy atom. The van der Waals surface area contributed by atoms with Gasteiger partial charge in [0.1, 0.15) is 24.4 Å². The van der Waals surface area contributed by atoms with Crippen molar-refractivity contribution < 1.29 is 34.8 Å². The van der Waals surface area contributed by atoms with Crippen LogP contribution in [0.25, 0.3) is 43.6 Å². The number of ether oxygens (including phenoxy) is 1. The van der Waals surface area contributed by atoms with Crippen LogP contribution in [0.15, 0.2) is 42.5 Å². The fourth-order valence-corrected chi connectivity index (χ4v) is 6.32. The normalized spacial score (nSPS) is 25.9. The summed E-state index contributed by atoms with van der Waals surface area (Å²) in [5.74, 6) is -0.910. The van der Waals surface area contributed by atoms with Crippen LogP contribution in [0.1, 0.15) is 26.9 Å². The van der Waals surface area contributed by atoms with Crippen LogP contribution >= 0.6 is 11.6 Å². The van der Waals surface area contributed by atoms with Gasteiger partial charge in [0, 0.05) is 34.1 Å². The highest BCUT2D eigenvalue weighted by Gasteiger charge is 2.47. The minimum Gasteiger partial charge on any atom is -0.394 e. The van der Waals surface area contributed by atoms with Gasteiger partial charge in [0.15, 0.2) is 6.23 Å². The van der Waals surface area contributed by atoms with Gasteiger partial charge in [-0.1, -0.05) is 41.9 Å². The molecule has 0 unspecified atom stereocenters. The average Bonchev–Trinajstić information content (AvgIpc) is 3.53. The Hall–Kier alpha value is -3.51. The number of benzene rings is 3. The van der Waals surface area contributed by atoms with E-state index in [0.717, 1.165) is 15.8 Å². The van der Waals surface area contributed by atoms with Gasteiger partial charge in [-0.2, -0.15) is 0 Å². The van der Waals surface area contributed by atoms with E-state index in [1.54, 1.807) is 22.8 Å². The van der Waals surface area contributed by atoms with Crippen LogP contribution in [0.4, 0.5) is 0 Å². The summed E-state index contributed by atoms with van der Waals surface area (Å²) in [5, 5.41) is 44.5. The molecule has 0 aliphatic carbocycles. The Labute approximate surface area is 219 Å². The van der Waals surface area contributed by atoms with E-state index >= 15 is 0 Å². The van der Waals surface area contributed by atoms with Gasteiger partial charge in [0.2, 0.25) is 0 Å². The molecule has 0 bridgehead atoms. The largest absolute Gasteiger partial charge is 0.394 e. The number of aromatic nitrogens is 2. The van der Waals surface area contributed by atoms with E-state index in [0.29, 0.717) is 32.7 Å².